The van der Waals surface area contributed by atoms with E-state index >= 15 is 0 Å². The Morgan fingerprint density at radius 1 is 0.255 bits per heavy atom. The summed E-state index contributed by atoms with van der Waals surface area (Å²) in [6, 6.07) is 69.4. The highest BCUT2D eigenvalue weighted by Crippen LogP contribution is 2.41. The Balaban J connectivity index is 1.16. The van der Waals surface area contributed by atoms with Crippen LogP contribution in [0.4, 0.5) is 0 Å². The molecular formula is C50H31N. The van der Waals surface area contributed by atoms with Gasteiger partial charge in [-0.05, 0) is 113 Å². The van der Waals surface area contributed by atoms with Crippen molar-refractivity contribution in [3.05, 3.63) is 188 Å². The Labute approximate surface area is 295 Å². The average Bonchev–Trinajstić information content (AvgIpc) is 3.54. The normalized spacial score (nSPS) is 11.9. The van der Waals surface area contributed by atoms with Crippen molar-refractivity contribution >= 4 is 75.7 Å². The van der Waals surface area contributed by atoms with Crippen LogP contribution in [0.2, 0.25) is 0 Å². The number of nitrogens with zero attached hydrogens (tertiary/aromatic N) is 1. The molecule has 0 aliphatic rings. The highest BCUT2D eigenvalue weighted by molar-refractivity contribution is 6.25. The SMILES string of the molecule is c1ccc(-c2cc3ccccc3c3ccc(-c4ccc5c6ccccc6n(-c6ccc7c8ccccc8c8ccccc8c7c6)c5c4)cc23)cc1. The first-order chi connectivity index (χ1) is 25.3. The van der Waals surface area contributed by atoms with E-state index in [1.54, 1.807) is 0 Å². The zero-order valence-electron chi connectivity index (χ0n) is 27.8. The zero-order valence-corrected chi connectivity index (χ0v) is 27.8. The molecule has 11 aromatic rings. The van der Waals surface area contributed by atoms with Gasteiger partial charge in [0.1, 0.15) is 0 Å². The van der Waals surface area contributed by atoms with Gasteiger partial charge in [-0.1, -0.05) is 152 Å². The van der Waals surface area contributed by atoms with Crippen molar-refractivity contribution in [1.82, 2.24) is 4.57 Å². The van der Waals surface area contributed by atoms with E-state index in [0.717, 1.165) is 0 Å². The topological polar surface area (TPSA) is 4.93 Å². The molecule has 1 heteroatoms. The average molecular weight is 646 g/mol. The second-order valence-electron chi connectivity index (χ2n) is 13.7. The fourth-order valence-electron chi connectivity index (χ4n) is 8.60. The lowest BCUT2D eigenvalue weighted by molar-refractivity contribution is 1.19. The highest BCUT2D eigenvalue weighted by Gasteiger charge is 2.16. The van der Waals surface area contributed by atoms with Crippen LogP contribution in [0.3, 0.4) is 0 Å². The van der Waals surface area contributed by atoms with Crippen LogP contribution in [-0.2, 0) is 0 Å². The van der Waals surface area contributed by atoms with Crippen LogP contribution < -0.4 is 0 Å². The molecule has 236 valence electrons. The molecule has 51 heavy (non-hydrogen) atoms. The van der Waals surface area contributed by atoms with Crippen molar-refractivity contribution in [3.8, 4) is 27.9 Å². The van der Waals surface area contributed by atoms with E-state index in [-0.39, 0.29) is 0 Å². The number of benzene rings is 10. The van der Waals surface area contributed by atoms with E-state index < -0.39 is 0 Å². The molecule has 11 rings (SSSR count). The first-order valence-corrected chi connectivity index (χ1v) is 17.7. The van der Waals surface area contributed by atoms with Crippen molar-refractivity contribution in [2.75, 3.05) is 0 Å². The Kier molecular flexibility index (Phi) is 6.02. The van der Waals surface area contributed by atoms with Gasteiger partial charge in [0.15, 0.2) is 0 Å². The molecular weight excluding hydrogens is 615 g/mol. The van der Waals surface area contributed by atoms with Gasteiger partial charge >= 0.3 is 0 Å². The largest absolute Gasteiger partial charge is 0.309 e. The molecule has 0 saturated carbocycles. The van der Waals surface area contributed by atoms with Crippen LogP contribution in [0.5, 0.6) is 0 Å². The Morgan fingerprint density at radius 3 is 1.51 bits per heavy atom. The van der Waals surface area contributed by atoms with E-state index in [0.29, 0.717) is 0 Å². The molecule has 0 atom stereocenters. The number of rotatable bonds is 3. The molecule has 0 bridgehead atoms. The molecule has 0 saturated heterocycles. The maximum atomic E-state index is 2.46. The lowest BCUT2D eigenvalue weighted by Crippen LogP contribution is -1.95. The van der Waals surface area contributed by atoms with E-state index in [1.165, 1.54) is 104 Å². The quantitative estimate of drug-likeness (QED) is 0.169. The van der Waals surface area contributed by atoms with Crippen LogP contribution in [0.25, 0.3) is 104 Å². The van der Waals surface area contributed by atoms with Crippen LogP contribution in [0, 0.1) is 0 Å². The summed E-state index contributed by atoms with van der Waals surface area (Å²) in [5.74, 6) is 0. The third-order valence-corrected chi connectivity index (χ3v) is 10.9. The van der Waals surface area contributed by atoms with E-state index in [1.807, 2.05) is 0 Å². The van der Waals surface area contributed by atoms with Gasteiger partial charge in [0, 0.05) is 16.5 Å². The Morgan fingerprint density at radius 2 is 0.765 bits per heavy atom. The summed E-state index contributed by atoms with van der Waals surface area (Å²) in [7, 11) is 0. The van der Waals surface area contributed by atoms with Crippen LogP contribution in [-0.4, -0.2) is 4.57 Å². The molecule has 0 aliphatic carbocycles. The van der Waals surface area contributed by atoms with Gasteiger partial charge in [-0.2, -0.15) is 0 Å². The van der Waals surface area contributed by atoms with E-state index in [4.69, 9.17) is 0 Å². The molecule has 1 nitrogen and oxygen atoms in total. The minimum Gasteiger partial charge on any atom is -0.309 e. The lowest BCUT2D eigenvalue weighted by atomic mass is 9.91. The van der Waals surface area contributed by atoms with E-state index in [2.05, 4.69) is 193 Å². The first kappa shape index (κ1) is 28.2. The van der Waals surface area contributed by atoms with Gasteiger partial charge in [-0.25, -0.2) is 0 Å². The molecule has 10 aromatic carbocycles. The molecule has 0 spiro atoms. The molecule has 0 N–H and O–H groups in total. The summed E-state index contributed by atoms with van der Waals surface area (Å²) in [6.45, 7) is 0. The van der Waals surface area contributed by atoms with Gasteiger partial charge < -0.3 is 4.57 Å². The molecule has 0 fully saturated rings. The van der Waals surface area contributed by atoms with Crippen molar-refractivity contribution in [2.45, 2.75) is 0 Å². The summed E-state index contributed by atoms with van der Waals surface area (Å²) in [6.07, 6.45) is 0. The minimum absolute atomic E-state index is 1.17. The van der Waals surface area contributed by atoms with Crippen molar-refractivity contribution < 1.29 is 0 Å². The van der Waals surface area contributed by atoms with Gasteiger partial charge in [0.05, 0.1) is 11.0 Å². The summed E-state index contributed by atoms with van der Waals surface area (Å²) in [5, 5.41) is 15.3. The van der Waals surface area contributed by atoms with Crippen LogP contribution >= 0.6 is 0 Å². The summed E-state index contributed by atoms with van der Waals surface area (Å²) < 4.78 is 2.46. The van der Waals surface area contributed by atoms with Gasteiger partial charge in [-0.15, -0.1) is 0 Å². The number of fused-ring (bicyclic) bond motifs is 12. The lowest BCUT2D eigenvalue weighted by Gasteiger charge is -2.15. The van der Waals surface area contributed by atoms with Crippen LogP contribution in [0.1, 0.15) is 0 Å². The minimum atomic E-state index is 1.17. The first-order valence-electron chi connectivity index (χ1n) is 17.7. The van der Waals surface area contributed by atoms with Crippen LogP contribution in [0.15, 0.2) is 188 Å². The molecule has 0 unspecified atom stereocenters. The third-order valence-electron chi connectivity index (χ3n) is 10.9. The summed E-state index contributed by atoms with van der Waals surface area (Å²) in [4.78, 5) is 0. The molecule has 0 amide bonds. The zero-order chi connectivity index (χ0) is 33.5. The highest BCUT2D eigenvalue weighted by atomic mass is 15.0. The van der Waals surface area contributed by atoms with Gasteiger partial charge in [0.2, 0.25) is 0 Å². The maximum Gasteiger partial charge on any atom is 0.0547 e. The second kappa shape index (κ2) is 10.9. The molecule has 0 radical (unpaired) electrons. The maximum absolute atomic E-state index is 2.46. The predicted octanol–water partition coefficient (Wildman–Crippen LogP) is 13.9. The monoisotopic (exact) mass is 645 g/mol. The fourth-order valence-corrected chi connectivity index (χ4v) is 8.60. The van der Waals surface area contributed by atoms with Gasteiger partial charge in [0.25, 0.3) is 0 Å². The third kappa shape index (κ3) is 4.22. The van der Waals surface area contributed by atoms with Crippen molar-refractivity contribution in [2.24, 2.45) is 0 Å². The fraction of sp³-hybridized carbons (Fsp3) is 0. The van der Waals surface area contributed by atoms with E-state index in [9.17, 15) is 0 Å². The predicted molar refractivity (Wildman–Crippen MR) is 219 cm³/mol. The van der Waals surface area contributed by atoms with Crippen molar-refractivity contribution in [3.63, 3.8) is 0 Å². The smallest absolute Gasteiger partial charge is 0.0547 e. The Bertz CT molecular complexity index is 3150. The molecule has 0 aliphatic heterocycles. The standard InChI is InChI=1S/C50H31N/c1-2-12-32(13-3-1)46-29-35-14-4-5-15-37(35)42-25-22-33(28-47(42)46)34-23-26-45-44-20-10-11-21-49(44)51(50(45)30-34)36-24-27-43-40-18-7-6-16-38(40)39-17-8-9-19-41(39)48(43)31-36/h1-31H. The van der Waals surface area contributed by atoms with Gasteiger partial charge in [-0.3, -0.25) is 0 Å². The number of para-hydroxylation sites is 1. The number of hydrogen-bond acceptors (Lipinski definition) is 0. The summed E-state index contributed by atoms with van der Waals surface area (Å²) >= 11 is 0. The second-order valence-corrected chi connectivity index (χ2v) is 13.7. The molecule has 1 heterocycles. The Hall–Kier alpha value is -6.70. The number of hydrogen-bond donors (Lipinski definition) is 0. The number of aromatic nitrogens is 1. The molecule has 1 aromatic heterocycles. The van der Waals surface area contributed by atoms with Crippen molar-refractivity contribution in [1.29, 1.82) is 0 Å². The summed E-state index contributed by atoms with van der Waals surface area (Å²) in [5.41, 5.74) is 8.51.